The fourth-order valence-electron chi connectivity index (χ4n) is 1.08. The second-order valence-corrected chi connectivity index (χ2v) is 9.03. The Labute approximate surface area is 115 Å². The molecule has 2 rings (SSSR count). The summed E-state index contributed by atoms with van der Waals surface area (Å²) < 4.78 is -0.574. The average Bonchev–Trinajstić information content (AvgIpc) is 2.89. The second-order valence-electron chi connectivity index (χ2n) is 2.62. The van der Waals surface area contributed by atoms with E-state index in [1.54, 1.807) is 0 Å². The van der Waals surface area contributed by atoms with Gasteiger partial charge in [-0.15, -0.1) is 23.5 Å². The Morgan fingerprint density at radius 3 is 1.59 bits per heavy atom. The molecule has 0 unspecified atom stereocenters. The molecule has 1 spiro atoms. The van der Waals surface area contributed by atoms with E-state index in [2.05, 4.69) is 9.69 Å². The molecule has 0 atom stereocenters. The third-order valence-electron chi connectivity index (χ3n) is 1.69. The van der Waals surface area contributed by atoms with Crippen molar-refractivity contribution >= 4 is 47.0 Å². The van der Waals surface area contributed by atoms with Crippen LogP contribution in [0.2, 0.25) is 0 Å². The number of rotatable bonds is 0. The molecule has 0 saturated heterocycles. The maximum atomic E-state index is 8.91. The molecule has 2 aliphatic heterocycles. The normalized spacial score (nSPS) is 20.9. The van der Waals surface area contributed by atoms with Gasteiger partial charge in [0.05, 0.1) is 13.1 Å². The first-order chi connectivity index (χ1) is 8.18. The van der Waals surface area contributed by atoms with Crippen LogP contribution in [-0.4, -0.2) is 2.74 Å². The molecule has 0 amide bonds. The Morgan fingerprint density at radius 1 is 0.882 bits per heavy atom. The molecule has 0 saturated carbocycles. The molecule has 4 nitrogen and oxygen atoms in total. The van der Waals surface area contributed by atoms with Crippen molar-refractivity contribution in [2.24, 2.45) is 0 Å². The minimum absolute atomic E-state index is 0.349. The third-order valence-corrected chi connectivity index (χ3v) is 7.91. The Bertz CT molecular complexity index is 508. The summed E-state index contributed by atoms with van der Waals surface area (Å²) >= 11 is 4.99. The second kappa shape index (κ2) is 4.61. The highest BCUT2D eigenvalue weighted by Crippen LogP contribution is 2.72. The zero-order valence-corrected chi connectivity index (χ0v) is 11.2. The molecule has 0 fully saturated rings. The van der Waals surface area contributed by atoms with E-state index in [4.69, 9.17) is 23.7 Å². The van der Waals surface area contributed by atoms with Gasteiger partial charge in [0.1, 0.15) is 24.7 Å². The topological polar surface area (TPSA) is 56.3 Å². The predicted molar refractivity (Wildman–Crippen MR) is 71.6 cm³/mol. The van der Waals surface area contributed by atoms with Gasteiger partial charge in [0.15, 0.2) is 0 Å². The third kappa shape index (κ3) is 2.02. The van der Waals surface area contributed by atoms with Gasteiger partial charge in [-0.05, 0) is 0 Å². The van der Waals surface area contributed by atoms with Gasteiger partial charge < -0.3 is 0 Å². The van der Waals surface area contributed by atoms with Gasteiger partial charge in [0, 0.05) is 0 Å². The predicted octanol–water partition coefficient (Wildman–Crippen LogP) is 3.78. The molecule has 17 heavy (non-hydrogen) atoms. The summed E-state index contributed by atoms with van der Waals surface area (Å²) in [6.45, 7) is 14.0. The minimum Gasteiger partial charge on any atom is -0.242 e. The van der Waals surface area contributed by atoms with Gasteiger partial charge in [0.2, 0.25) is 10.1 Å². The average molecular weight is 292 g/mol. The first kappa shape index (κ1) is 12.3. The quantitative estimate of drug-likeness (QED) is 0.633. The Morgan fingerprint density at radius 2 is 1.29 bits per heavy atom. The lowest BCUT2D eigenvalue weighted by Gasteiger charge is -2.19. The maximum absolute atomic E-state index is 8.91. The molecule has 0 radical (unpaired) electrons. The van der Waals surface area contributed by atoms with E-state index in [9.17, 15) is 0 Å². The van der Waals surface area contributed by atoms with Crippen molar-refractivity contribution in [3.8, 4) is 12.1 Å². The van der Waals surface area contributed by atoms with E-state index in [0.29, 0.717) is 19.9 Å². The first-order valence-electron chi connectivity index (χ1n) is 3.97. The van der Waals surface area contributed by atoms with Crippen molar-refractivity contribution < 1.29 is 0 Å². The smallest absolute Gasteiger partial charge is 0.237 e. The van der Waals surface area contributed by atoms with Gasteiger partial charge in [0.25, 0.3) is 0 Å². The summed E-state index contributed by atoms with van der Waals surface area (Å²) in [4.78, 5) is 7.35. The molecule has 2 aliphatic rings. The van der Waals surface area contributed by atoms with Gasteiger partial charge in [-0.2, -0.15) is 10.5 Å². The molecule has 0 N–H and O–H groups in total. The zero-order valence-electron chi connectivity index (χ0n) is 7.92. The lowest BCUT2D eigenvalue weighted by atomic mass is 10.5. The highest BCUT2D eigenvalue weighted by atomic mass is 32.3. The monoisotopic (exact) mass is 292 g/mol. The van der Waals surface area contributed by atoms with Crippen molar-refractivity contribution in [2.45, 2.75) is 2.74 Å². The summed E-state index contributed by atoms with van der Waals surface area (Å²) in [5.41, 5.74) is 0. The van der Waals surface area contributed by atoms with E-state index in [0.717, 1.165) is 0 Å². The highest BCUT2D eigenvalue weighted by molar-refractivity contribution is 8.53. The van der Waals surface area contributed by atoms with Crippen molar-refractivity contribution in [3.05, 3.63) is 42.7 Å². The van der Waals surface area contributed by atoms with E-state index in [1.165, 1.54) is 47.0 Å². The van der Waals surface area contributed by atoms with Crippen LogP contribution in [0, 0.1) is 35.8 Å². The Balaban J connectivity index is 2.28. The number of thioether (sulfide) groups is 4. The Hall–Kier alpha value is -1.16. The van der Waals surface area contributed by atoms with Crippen LogP contribution in [0.3, 0.4) is 0 Å². The van der Waals surface area contributed by atoms with Gasteiger partial charge in [-0.25, -0.2) is 9.69 Å². The molecule has 0 bridgehead atoms. The summed E-state index contributed by atoms with van der Waals surface area (Å²) in [7, 11) is 0. The van der Waals surface area contributed by atoms with Gasteiger partial charge >= 0.3 is 0 Å². The van der Waals surface area contributed by atoms with Crippen molar-refractivity contribution in [3.63, 3.8) is 0 Å². The lowest BCUT2D eigenvalue weighted by Crippen LogP contribution is -2.00. The van der Waals surface area contributed by atoms with Crippen molar-refractivity contribution in [1.82, 2.24) is 0 Å². The minimum atomic E-state index is -0.574. The first-order valence-corrected chi connectivity index (χ1v) is 7.24. The summed E-state index contributed by atoms with van der Waals surface area (Å²) in [6, 6.07) is 3.96. The highest BCUT2D eigenvalue weighted by Gasteiger charge is 2.48. The fourth-order valence-corrected chi connectivity index (χ4v) is 7.20. The molecular weight excluding hydrogens is 292 g/mol. The molecule has 0 aromatic carbocycles. The van der Waals surface area contributed by atoms with Gasteiger partial charge in [-0.1, -0.05) is 23.5 Å². The molecule has 0 aromatic heterocycles. The van der Waals surface area contributed by atoms with E-state index >= 15 is 0 Å². The van der Waals surface area contributed by atoms with Gasteiger partial charge in [-0.3, -0.25) is 0 Å². The van der Waals surface area contributed by atoms with Crippen LogP contribution in [-0.2, 0) is 0 Å². The molecular formula is C9N4S4. The Kier molecular flexibility index (Phi) is 3.33. The zero-order chi connectivity index (χ0) is 12.5. The van der Waals surface area contributed by atoms with Crippen LogP contribution in [0.1, 0.15) is 0 Å². The molecule has 8 heteroatoms. The fraction of sp³-hybridized carbons (Fsp3) is 0.111. The number of nitrogens with zero attached hydrogens (tertiary/aromatic N) is 4. The molecule has 2 heterocycles. The van der Waals surface area contributed by atoms with Crippen molar-refractivity contribution in [2.75, 3.05) is 0 Å². The molecule has 0 aromatic rings. The number of allylic oxidation sites excluding steroid dienone is 2. The summed E-state index contributed by atoms with van der Waals surface area (Å²) in [5, 5.41) is 18.5. The van der Waals surface area contributed by atoms with E-state index in [-0.39, 0.29) is 0 Å². The number of hydrogen-bond acceptors (Lipinski definition) is 6. The maximum Gasteiger partial charge on any atom is 0.237 e. The standard InChI is InChI=1S/C9N4S4/c1-12-7-8(13-2)17-9(16-7)14-5(3-10)6(4-11)15-9. The molecule has 80 valence electrons. The van der Waals surface area contributed by atoms with Crippen LogP contribution >= 0.6 is 47.0 Å². The van der Waals surface area contributed by atoms with Crippen LogP contribution < -0.4 is 0 Å². The number of nitriles is 2. The SMILES string of the molecule is [C-]#[N+]C1=C([N+]#[C-])SC2(SC(C#N)=C(C#N)S2)S1. The number of hydrogen-bond donors (Lipinski definition) is 0. The van der Waals surface area contributed by atoms with Crippen LogP contribution in [0.15, 0.2) is 19.9 Å². The van der Waals surface area contributed by atoms with Crippen LogP contribution in [0.25, 0.3) is 9.69 Å². The van der Waals surface area contributed by atoms with E-state index < -0.39 is 2.74 Å². The molecule has 0 aliphatic carbocycles. The summed E-state index contributed by atoms with van der Waals surface area (Å²) in [6.07, 6.45) is 0. The lowest BCUT2D eigenvalue weighted by molar-refractivity contribution is 1.50. The van der Waals surface area contributed by atoms with Crippen molar-refractivity contribution in [1.29, 1.82) is 10.5 Å². The van der Waals surface area contributed by atoms with E-state index in [1.807, 2.05) is 12.1 Å². The largest absolute Gasteiger partial charge is 0.242 e. The van der Waals surface area contributed by atoms with Crippen LogP contribution in [0.4, 0.5) is 0 Å². The van der Waals surface area contributed by atoms with Crippen LogP contribution in [0.5, 0.6) is 0 Å². The summed E-state index contributed by atoms with van der Waals surface area (Å²) in [5.74, 6) is 0.